The average Bonchev–Trinajstić information content (AvgIpc) is 2.93. The van der Waals surface area contributed by atoms with Crippen LogP contribution < -0.4 is 4.57 Å². The molecular weight excluding hydrogens is 429 g/mol. The second kappa shape index (κ2) is 9.52. The lowest BCUT2D eigenvalue weighted by Crippen LogP contribution is -2.31. The first-order valence-electron chi connectivity index (χ1n) is 17.7. The predicted octanol–water partition coefficient (Wildman–Crippen LogP) is 8.83. The number of aromatic nitrogens is 1. The summed E-state index contributed by atoms with van der Waals surface area (Å²) in [6, 6.07) is 8.56. The zero-order valence-corrected chi connectivity index (χ0v) is 20.7. The monoisotopic (exact) mass is 480 g/mol. The number of nitrogens with zero attached hydrogens (tertiary/aromatic N) is 1. The van der Waals surface area contributed by atoms with Crippen LogP contribution in [0.3, 0.4) is 0 Å². The van der Waals surface area contributed by atoms with E-state index in [4.69, 9.17) is 12.3 Å². The molecule has 0 unspecified atom stereocenters. The molecule has 0 aliphatic heterocycles. The molecule has 1 spiro atoms. The predicted molar refractivity (Wildman–Crippen MR) is 144 cm³/mol. The Kier molecular flexibility index (Phi) is 4.06. The highest BCUT2D eigenvalue weighted by Gasteiger charge is 2.36. The van der Waals surface area contributed by atoms with Gasteiger partial charge in [-0.15, -0.1) is 0 Å². The summed E-state index contributed by atoms with van der Waals surface area (Å²) < 4.78 is 101. The normalized spacial score (nSPS) is 24.4. The lowest BCUT2D eigenvalue weighted by Gasteiger charge is -2.43. The molecule has 0 atom stereocenters. The minimum atomic E-state index is -2.81. The third-order valence-corrected chi connectivity index (χ3v) is 8.38. The Morgan fingerprint density at radius 2 is 1.54 bits per heavy atom. The van der Waals surface area contributed by atoms with E-state index in [-0.39, 0.29) is 33.2 Å². The molecule has 0 saturated heterocycles. The van der Waals surface area contributed by atoms with E-state index >= 15 is 0 Å². The molecular formula is C33H41FN+. The highest BCUT2D eigenvalue weighted by Crippen LogP contribution is 2.51. The highest BCUT2D eigenvalue weighted by atomic mass is 19.1. The van der Waals surface area contributed by atoms with E-state index in [0.717, 1.165) is 25.7 Å². The van der Waals surface area contributed by atoms with E-state index in [9.17, 15) is 5.76 Å². The van der Waals surface area contributed by atoms with Crippen LogP contribution in [0.25, 0.3) is 22.4 Å². The van der Waals surface area contributed by atoms with Crippen LogP contribution in [-0.2, 0) is 7.05 Å². The van der Waals surface area contributed by atoms with Gasteiger partial charge in [0, 0.05) is 30.9 Å². The molecule has 0 radical (unpaired) electrons. The molecule has 0 bridgehead atoms. The summed E-state index contributed by atoms with van der Waals surface area (Å²) in [4.78, 5) is 0. The van der Waals surface area contributed by atoms with E-state index in [1.165, 1.54) is 55.8 Å². The third kappa shape index (κ3) is 4.69. The highest BCUT2D eigenvalue weighted by molar-refractivity contribution is 5.77. The number of hydrogen-bond acceptors (Lipinski definition) is 0. The van der Waals surface area contributed by atoms with Gasteiger partial charge in [0.1, 0.15) is 12.9 Å². The molecule has 0 amide bonds. The van der Waals surface area contributed by atoms with Gasteiger partial charge < -0.3 is 0 Å². The number of hydrogen-bond donors (Lipinski definition) is 0. The molecule has 2 fully saturated rings. The number of pyridine rings is 1. The van der Waals surface area contributed by atoms with Crippen LogP contribution in [0, 0.1) is 38.7 Å². The van der Waals surface area contributed by atoms with Crippen LogP contribution in [0.15, 0.2) is 42.6 Å². The molecule has 2 heteroatoms. The van der Waals surface area contributed by atoms with Gasteiger partial charge in [-0.2, -0.15) is 0 Å². The van der Waals surface area contributed by atoms with Gasteiger partial charge in [0.2, 0.25) is 5.69 Å². The van der Waals surface area contributed by atoms with Crippen molar-refractivity contribution in [3.63, 3.8) is 0 Å². The summed E-state index contributed by atoms with van der Waals surface area (Å²) in [5.41, 5.74) is 1.22. The van der Waals surface area contributed by atoms with Crippen LogP contribution in [0.5, 0.6) is 0 Å². The first-order chi connectivity index (χ1) is 20.7. The molecule has 1 nitrogen and oxygen atoms in total. The Balaban J connectivity index is 1.77. The maximum atomic E-state index is 14.0. The largest absolute Gasteiger partial charge is 0.213 e. The van der Waals surface area contributed by atoms with Crippen LogP contribution >= 0.6 is 0 Å². The van der Waals surface area contributed by atoms with Crippen molar-refractivity contribution < 1.29 is 22.7 Å². The Morgan fingerprint density at radius 3 is 2.17 bits per heavy atom. The number of halogens is 1. The first-order valence-corrected chi connectivity index (χ1v) is 12.7. The van der Waals surface area contributed by atoms with Crippen molar-refractivity contribution in [3.8, 4) is 22.4 Å². The van der Waals surface area contributed by atoms with Gasteiger partial charge in [-0.05, 0) is 129 Å². The number of aryl methyl sites for hydroxylation is 5. The quantitative estimate of drug-likeness (QED) is 0.330. The van der Waals surface area contributed by atoms with Gasteiger partial charge in [-0.3, -0.25) is 0 Å². The molecule has 184 valence electrons. The van der Waals surface area contributed by atoms with Crippen LogP contribution in [0.1, 0.15) is 105 Å². The second-order valence-corrected chi connectivity index (χ2v) is 10.7. The van der Waals surface area contributed by atoms with E-state index in [1.807, 2.05) is 0 Å². The topological polar surface area (TPSA) is 3.88 Å². The molecule has 2 saturated carbocycles. The average molecular weight is 481 g/mol. The Labute approximate surface area is 225 Å². The van der Waals surface area contributed by atoms with E-state index in [0.29, 0.717) is 35.2 Å². The minimum absolute atomic E-state index is 0.0283. The zero-order valence-electron chi connectivity index (χ0n) is 30.7. The summed E-state index contributed by atoms with van der Waals surface area (Å²) in [5.74, 6) is -1.60. The van der Waals surface area contributed by atoms with Crippen molar-refractivity contribution in [1.82, 2.24) is 0 Å². The zero-order chi connectivity index (χ0) is 33.2. The fourth-order valence-electron chi connectivity index (χ4n) is 6.35. The van der Waals surface area contributed by atoms with Crippen molar-refractivity contribution in [3.05, 3.63) is 76.2 Å². The van der Waals surface area contributed by atoms with Gasteiger partial charge in [0.25, 0.3) is 0 Å². The van der Waals surface area contributed by atoms with E-state index < -0.39 is 32.3 Å². The van der Waals surface area contributed by atoms with Gasteiger partial charge in [-0.1, -0.05) is 31.4 Å². The summed E-state index contributed by atoms with van der Waals surface area (Å²) in [6.45, 7) is -6.62. The summed E-state index contributed by atoms with van der Waals surface area (Å²) in [7, 11) is 1.64. The second-order valence-electron chi connectivity index (χ2n) is 10.7. The molecule has 2 aliphatic carbocycles. The van der Waals surface area contributed by atoms with Gasteiger partial charge >= 0.3 is 0 Å². The lowest BCUT2D eigenvalue weighted by atomic mass is 9.62. The molecule has 1 aromatic heterocycles. The molecule has 1 heterocycles. The Hall–Kier alpha value is -2.48. The van der Waals surface area contributed by atoms with E-state index in [2.05, 4.69) is 0 Å². The Bertz CT molecular complexity index is 1550. The minimum Gasteiger partial charge on any atom is -0.207 e. The summed E-state index contributed by atoms with van der Waals surface area (Å²) in [5, 5.41) is 0. The van der Waals surface area contributed by atoms with Crippen molar-refractivity contribution in [2.24, 2.45) is 12.5 Å². The van der Waals surface area contributed by atoms with Crippen molar-refractivity contribution >= 4 is 0 Å². The molecule has 0 N–H and O–H groups in total. The number of benzene rings is 2. The molecule has 2 aromatic carbocycles. The number of rotatable bonds is 3. The SMILES string of the molecule is [2H]C([2H])([2H])c1c[n+](C)c(-c2ccc(F)cc2C)cc1-c1c(C([2H])([2H])[2H])cc(C2([2H])CCC3(CCCCC3)CC2)cc1C([2H])([2H])[2H]. The van der Waals surface area contributed by atoms with Crippen LogP contribution in [0.4, 0.5) is 4.39 Å². The fourth-order valence-corrected chi connectivity index (χ4v) is 6.35. The summed E-state index contributed by atoms with van der Waals surface area (Å²) in [6.07, 6.45) is 9.87. The van der Waals surface area contributed by atoms with Gasteiger partial charge in [-0.25, -0.2) is 8.96 Å². The van der Waals surface area contributed by atoms with E-state index in [1.54, 1.807) is 24.6 Å². The summed E-state index contributed by atoms with van der Waals surface area (Å²) >= 11 is 0. The molecule has 35 heavy (non-hydrogen) atoms. The smallest absolute Gasteiger partial charge is 0.207 e. The van der Waals surface area contributed by atoms with Crippen molar-refractivity contribution in [1.29, 1.82) is 0 Å². The van der Waals surface area contributed by atoms with Crippen LogP contribution in [0.2, 0.25) is 0 Å². The molecule has 5 rings (SSSR count). The van der Waals surface area contributed by atoms with Gasteiger partial charge in [0.15, 0.2) is 6.20 Å². The van der Waals surface area contributed by atoms with Crippen molar-refractivity contribution in [2.45, 2.75) is 91.2 Å². The van der Waals surface area contributed by atoms with Gasteiger partial charge in [0.05, 0.1) is 0 Å². The van der Waals surface area contributed by atoms with Crippen LogP contribution in [-0.4, -0.2) is 0 Å². The standard InChI is InChI=1S/C33H41FN/c1-22-19-28(34)9-10-29(22)31-20-30(25(4)21-35(31)5)32-23(2)17-27(18-24(32)3)26-11-15-33(16-12-26)13-7-6-8-14-33/h9-10,17-21,26H,6-8,11-16H2,1-5H3/q+1/i2D3,3D3,4D3,26D. The maximum absolute atomic E-state index is 14.0. The fraction of sp³-hybridized carbons (Fsp3) is 0.485. The lowest BCUT2D eigenvalue weighted by molar-refractivity contribution is -0.660. The Morgan fingerprint density at radius 1 is 0.857 bits per heavy atom. The molecule has 3 aromatic rings. The molecule has 2 aliphatic rings. The third-order valence-electron chi connectivity index (χ3n) is 8.38. The maximum Gasteiger partial charge on any atom is 0.213 e. The first kappa shape index (κ1) is 14.9. The van der Waals surface area contributed by atoms with Crippen molar-refractivity contribution in [2.75, 3.05) is 0 Å².